The van der Waals surface area contributed by atoms with Crippen molar-refractivity contribution in [1.82, 2.24) is 8.87 Å². The molecule has 180 valence electrons. The number of aromatic nitrogens is 1. The maximum absolute atomic E-state index is 13.2. The quantitative estimate of drug-likeness (QED) is 0.496. The molecule has 1 amide bonds. The summed E-state index contributed by atoms with van der Waals surface area (Å²) in [5, 5.41) is 0. The Balaban J connectivity index is 1.52. The summed E-state index contributed by atoms with van der Waals surface area (Å²) in [7, 11) is -2.42. The molecule has 11 heteroatoms. The number of rotatable bonds is 5. The van der Waals surface area contributed by atoms with Crippen molar-refractivity contribution in [3.63, 3.8) is 0 Å². The average molecular weight is 506 g/mol. The van der Waals surface area contributed by atoms with E-state index in [-0.39, 0.29) is 29.8 Å². The van der Waals surface area contributed by atoms with Gasteiger partial charge in [0.1, 0.15) is 5.82 Å². The first-order valence-corrected chi connectivity index (χ1v) is 13.1. The Morgan fingerprint density at radius 2 is 1.82 bits per heavy atom. The van der Waals surface area contributed by atoms with E-state index in [1.807, 2.05) is 17.6 Å². The summed E-state index contributed by atoms with van der Waals surface area (Å²) in [4.78, 5) is 29.7. The van der Waals surface area contributed by atoms with Crippen LogP contribution in [0.2, 0.25) is 0 Å². The van der Waals surface area contributed by atoms with Crippen molar-refractivity contribution in [3.05, 3.63) is 58.6 Å². The number of benzene rings is 2. The standard InChI is InChI=1S/C23H24FN3O5S2/c1-3-27-19-9-4-16(22(29)32-2)14-20(19)33-23(27)25-21(28)15-10-12-26(13-11-15)34(30,31)18-7-5-17(24)6-8-18/h4-9,14-15H,3,10-13H2,1-2H3. The summed E-state index contributed by atoms with van der Waals surface area (Å²) in [6.07, 6.45) is 0.707. The number of hydrogen-bond acceptors (Lipinski definition) is 6. The summed E-state index contributed by atoms with van der Waals surface area (Å²) in [6, 6.07) is 9.93. The fourth-order valence-corrected chi connectivity index (χ4v) is 6.60. The highest BCUT2D eigenvalue weighted by Gasteiger charge is 2.32. The number of methoxy groups -OCH3 is 1. The van der Waals surface area contributed by atoms with Crippen LogP contribution in [-0.4, -0.2) is 49.4 Å². The largest absolute Gasteiger partial charge is 0.465 e. The molecule has 0 unspecified atom stereocenters. The molecule has 0 aliphatic carbocycles. The lowest BCUT2D eigenvalue weighted by atomic mass is 9.98. The van der Waals surface area contributed by atoms with E-state index in [1.54, 1.807) is 12.1 Å². The molecule has 0 bridgehead atoms. The molecule has 34 heavy (non-hydrogen) atoms. The molecule has 0 spiro atoms. The third-order valence-corrected chi connectivity index (χ3v) is 8.83. The van der Waals surface area contributed by atoms with Crippen LogP contribution in [0.4, 0.5) is 4.39 Å². The van der Waals surface area contributed by atoms with E-state index in [0.29, 0.717) is 29.8 Å². The molecule has 1 saturated heterocycles. The van der Waals surface area contributed by atoms with Gasteiger partial charge >= 0.3 is 5.97 Å². The van der Waals surface area contributed by atoms with Crippen molar-refractivity contribution in [2.24, 2.45) is 10.9 Å². The van der Waals surface area contributed by atoms with Gasteiger partial charge in [-0.2, -0.15) is 9.30 Å². The van der Waals surface area contributed by atoms with E-state index in [2.05, 4.69) is 4.99 Å². The van der Waals surface area contributed by atoms with Gasteiger partial charge in [0.2, 0.25) is 10.0 Å². The third kappa shape index (κ3) is 4.68. The number of hydrogen-bond donors (Lipinski definition) is 0. The van der Waals surface area contributed by atoms with Gasteiger partial charge in [-0.25, -0.2) is 17.6 Å². The minimum atomic E-state index is -3.74. The van der Waals surface area contributed by atoms with E-state index in [4.69, 9.17) is 4.74 Å². The maximum atomic E-state index is 13.2. The van der Waals surface area contributed by atoms with E-state index in [0.717, 1.165) is 22.3 Å². The van der Waals surface area contributed by atoms with Gasteiger partial charge in [0.15, 0.2) is 4.80 Å². The smallest absolute Gasteiger partial charge is 0.337 e. The van der Waals surface area contributed by atoms with Crippen LogP contribution in [0.5, 0.6) is 0 Å². The van der Waals surface area contributed by atoms with Crippen molar-refractivity contribution in [2.75, 3.05) is 20.2 Å². The fourth-order valence-electron chi connectivity index (χ4n) is 3.99. The van der Waals surface area contributed by atoms with E-state index in [1.165, 1.54) is 34.9 Å². The highest BCUT2D eigenvalue weighted by molar-refractivity contribution is 7.89. The van der Waals surface area contributed by atoms with Crippen molar-refractivity contribution in [3.8, 4) is 0 Å². The zero-order valence-corrected chi connectivity index (χ0v) is 20.4. The number of aryl methyl sites for hydroxylation is 1. The van der Waals surface area contributed by atoms with Gasteiger partial charge in [0, 0.05) is 25.6 Å². The topological polar surface area (TPSA) is 98.0 Å². The predicted octanol–water partition coefficient (Wildman–Crippen LogP) is 3.18. The first-order valence-electron chi connectivity index (χ1n) is 10.8. The molecule has 3 aromatic rings. The van der Waals surface area contributed by atoms with Crippen LogP contribution in [0.15, 0.2) is 52.4 Å². The average Bonchev–Trinajstić information content (AvgIpc) is 3.19. The molecule has 0 N–H and O–H groups in total. The molecule has 0 saturated carbocycles. The Morgan fingerprint density at radius 1 is 1.15 bits per heavy atom. The molecule has 0 radical (unpaired) electrons. The number of piperidine rings is 1. The number of carbonyl (C=O) groups is 2. The second kappa shape index (κ2) is 9.77. The molecule has 0 atom stereocenters. The maximum Gasteiger partial charge on any atom is 0.337 e. The Labute approximate surface area is 200 Å². The van der Waals surface area contributed by atoms with E-state index >= 15 is 0 Å². The third-order valence-electron chi connectivity index (χ3n) is 5.88. The van der Waals surface area contributed by atoms with E-state index in [9.17, 15) is 22.4 Å². The second-order valence-electron chi connectivity index (χ2n) is 7.89. The molecule has 1 aromatic heterocycles. The number of carbonyl (C=O) groups excluding carboxylic acids is 2. The molecule has 2 aromatic carbocycles. The normalized spacial score (nSPS) is 16.1. The van der Waals surface area contributed by atoms with Crippen molar-refractivity contribution >= 4 is 43.5 Å². The summed E-state index contributed by atoms with van der Waals surface area (Å²) in [5.41, 5.74) is 1.29. The molecule has 1 aliphatic rings. The first-order chi connectivity index (χ1) is 16.2. The van der Waals surface area contributed by atoms with Crippen molar-refractivity contribution in [1.29, 1.82) is 0 Å². The fraction of sp³-hybridized carbons (Fsp3) is 0.348. The minimum Gasteiger partial charge on any atom is -0.465 e. The molecular weight excluding hydrogens is 481 g/mol. The molecule has 8 nitrogen and oxygen atoms in total. The molecule has 2 heterocycles. The number of halogens is 1. The number of esters is 1. The van der Waals surface area contributed by atoms with Crippen LogP contribution < -0.4 is 4.80 Å². The number of sulfonamides is 1. The monoisotopic (exact) mass is 505 g/mol. The SMILES string of the molecule is CCn1c(=NC(=O)C2CCN(S(=O)(=O)c3ccc(F)cc3)CC2)sc2cc(C(=O)OC)ccc21. The zero-order valence-electron chi connectivity index (χ0n) is 18.7. The number of fused-ring (bicyclic) bond motifs is 1. The van der Waals surface area contributed by atoms with Gasteiger partial charge in [-0.3, -0.25) is 4.79 Å². The molecular formula is C23H24FN3O5S2. The summed E-state index contributed by atoms with van der Waals surface area (Å²) in [6.45, 7) is 2.92. The van der Waals surface area contributed by atoms with Gasteiger partial charge in [-0.1, -0.05) is 11.3 Å². The van der Waals surface area contributed by atoms with Gasteiger partial charge in [-0.15, -0.1) is 0 Å². The molecule has 4 rings (SSSR count). The predicted molar refractivity (Wildman–Crippen MR) is 125 cm³/mol. The summed E-state index contributed by atoms with van der Waals surface area (Å²) >= 11 is 1.32. The Bertz CT molecular complexity index is 1400. The lowest BCUT2D eigenvalue weighted by Gasteiger charge is -2.29. The van der Waals surface area contributed by atoms with Crippen LogP contribution in [0, 0.1) is 11.7 Å². The summed E-state index contributed by atoms with van der Waals surface area (Å²) in [5.74, 6) is -1.62. The Kier molecular flexibility index (Phi) is 6.96. The number of nitrogens with zero attached hydrogens (tertiary/aromatic N) is 3. The Hall–Kier alpha value is -2.89. The first kappa shape index (κ1) is 24.2. The van der Waals surface area contributed by atoms with Gasteiger partial charge in [0.05, 0.1) is 27.8 Å². The van der Waals surface area contributed by atoms with Gasteiger partial charge in [-0.05, 0) is 62.2 Å². The molecule has 1 fully saturated rings. The second-order valence-corrected chi connectivity index (χ2v) is 10.8. The number of amides is 1. The highest BCUT2D eigenvalue weighted by Crippen LogP contribution is 2.25. The van der Waals surface area contributed by atoms with Crippen LogP contribution in [-0.2, 0) is 26.1 Å². The Morgan fingerprint density at radius 3 is 2.44 bits per heavy atom. The minimum absolute atomic E-state index is 0.0314. The van der Waals surface area contributed by atoms with Crippen LogP contribution >= 0.6 is 11.3 Å². The number of ether oxygens (including phenoxy) is 1. The van der Waals surface area contributed by atoms with Crippen LogP contribution in [0.25, 0.3) is 10.2 Å². The van der Waals surface area contributed by atoms with Gasteiger partial charge < -0.3 is 9.30 Å². The highest BCUT2D eigenvalue weighted by atomic mass is 32.2. The van der Waals surface area contributed by atoms with Crippen molar-refractivity contribution < 1.29 is 27.1 Å². The lowest BCUT2D eigenvalue weighted by molar-refractivity contribution is -0.122. The van der Waals surface area contributed by atoms with Crippen LogP contribution in [0.3, 0.4) is 0 Å². The zero-order chi connectivity index (χ0) is 24.5. The van der Waals surface area contributed by atoms with Crippen LogP contribution in [0.1, 0.15) is 30.1 Å². The summed E-state index contributed by atoms with van der Waals surface area (Å²) < 4.78 is 47.6. The number of thiazole rings is 1. The van der Waals surface area contributed by atoms with E-state index < -0.39 is 21.8 Å². The van der Waals surface area contributed by atoms with Gasteiger partial charge in [0.25, 0.3) is 5.91 Å². The van der Waals surface area contributed by atoms with Crippen molar-refractivity contribution in [2.45, 2.75) is 31.2 Å². The molecule has 1 aliphatic heterocycles. The lowest BCUT2D eigenvalue weighted by Crippen LogP contribution is -2.40.